The van der Waals surface area contributed by atoms with Crippen molar-refractivity contribution in [1.29, 1.82) is 0 Å². The summed E-state index contributed by atoms with van der Waals surface area (Å²) in [5.41, 5.74) is 3.37. The summed E-state index contributed by atoms with van der Waals surface area (Å²) in [6.45, 7) is 5.63. The van der Waals surface area contributed by atoms with E-state index < -0.39 is 29.3 Å². The number of alkyl halides is 2. The maximum absolute atomic E-state index is 14.0. The zero-order chi connectivity index (χ0) is 29.7. The third-order valence-corrected chi connectivity index (χ3v) is 5.23. The summed E-state index contributed by atoms with van der Waals surface area (Å²) in [6, 6.07) is 9.77. The lowest BCUT2D eigenvalue weighted by molar-refractivity contribution is -0.119. The number of allylic oxidation sites excluding steroid dienone is 1. The molecule has 0 atom stereocenters. The van der Waals surface area contributed by atoms with E-state index in [0.717, 1.165) is 0 Å². The van der Waals surface area contributed by atoms with Gasteiger partial charge < -0.3 is 26.2 Å². The number of nitrogens with zero attached hydrogens (tertiary/aromatic N) is 2. The number of carbonyl (C=O) groups is 2. The maximum atomic E-state index is 14.0. The first-order valence-corrected chi connectivity index (χ1v) is 12.0. The molecule has 0 bridgehead atoms. The van der Waals surface area contributed by atoms with Crippen molar-refractivity contribution in [3.05, 3.63) is 77.2 Å². The maximum Gasteiger partial charge on any atom is 0.267 e. The average molecular weight is 545 g/mol. The highest BCUT2D eigenvalue weighted by Gasteiger charge is 2.20. The molecule has 204 valence electrons. The molecule has 0 aliphatic rings. The first kappa shape index (κ1) is 30.3. The van der Waals surface area contributed by atoms with Crippen molar-refractivity contribution in [2.75, 3.05) is 0 Å². The molecule has 0 unspecified atom stereocenters. The normalized spacial score (nSPS) is 12.6. The SMILES string of the molecule is [B]C([B])(O)NC(=O)c1ccc2nccc(Oc3ccc(CC(=O)N/C(C=NC(C)(C)C)=C/N)cc3C(F)F)c2c1. The molecule has 0 aliphatic carbocycles. The van der Waals surface area contributed by atoms with E-state index >= 15 is 0 Å². The molecule has 0 saturated carbocycles. The molecule has 5 N–H and O–H groups in total. The predicted molar refractivity (Wildman–Crippen MR) is 150 cm³/mol. The van der Waals surface area contributed by atoms with Crippen molar-refractivity contribution in [2.24, 2.45) is 10.7 Å². The lowest BCUT2D eigenvalue weighted by atomic mass is 9.73. The molecular formula is C27H27B2F2N5O4. The fourth-order valence-corrected chi connectivity index (χ4v) is 3.47. The molecule has 2 aromatic carbocycles. The minimum atomic E-state index is -2.92. The van der Waals surface area contributed by atoms with Crippen molar-refractivity contribution < 1.29 is 28.2 Å². The number of rotatable bonds is 9. The van der Waals surface area contributed by atoms with Gasteiger partial charge in [-0.25, -0.2) is 8.78 Å². The largest absolute Gasteiger partial charge is 0.456 e. The highest BCUT2D eigenvalue weighted by molar-refractivity contribution is 6.39. The summed E-state index contributed by atoms with van der Waals surface area (Å²) < 4.78 is 33.9. The van der Waals surface area contributed by atoms with Gasteiger partial charge in [0.15, 0.2) is 0 Å². The van der Waals surface area contributed by atoms with E-state index in [9.17, 15) is 23.5 Å². The number of pyridine rings is 1. The third kappa shape index (κ3) is 8.63. The molecule has 4 radical (unpaired) electrons. The molecule has 13 heteroatoms. The number of fused-ring (bicyclic) bond motifs is 1. The number of aromatic nitrogens is 1. The van der Waals surface area contributed by atoms with Gasteiger partial charge >= 0.3 is 0 Å². The highest BCUT2D eigenvalue weighted by atomic mass is 19.3. The Morgan fingerprint density at radius 3 is 2.50 bits per heavy atom. The summed E-state index contributed by atoms with van der Waals surface area (Å²) in [5, 5.41) is 14.4. The zero-order valence-corrected chi connectivity index (χ0v) is 22.1. The Bertz CT molecular complexity index is 1470. The van der Waals surface area contributed by atoms with Crippen LogP contribution in [0.5, 0.6) is 11.5 Å². The fourth-order valence-electron chi connectivity index (χ4n) is 3.47. The van der Waals surface area contributed by atoms with Crippen LogP contribution in [0.2, 0.25) is 0 Å². The van der Waals surface area contributed by atoms with Crippen molar-refractivity contribution in [3.8, 4) is 11.5 Å². The molecule has 2 amide bonds. The molecule has 40 heavy (non-hydrogen) atoms. The van der Waals surface area contributed by atoms with E-state index in [1.807, 2.05) is 26.1 Å². The molecule has 0 spiro atoms. The zero-order valence-electron chi connectivity index (χ0n) is 22.1. The van der Waals surface area contributed by atoms with Gasteiger partial charge in [-0.3, -0.25) is 19.6 Å². The van der Waals surface area contributed by atoms with Crippen molar-refractivity contribution in [2.45, 2.75) is 44.7 Å². The number of hydrogen-bond acceptors (Lipinski definition) is 7. The number of nitrogens with one attached hydrogen (secondary N) is 2. The first-order chi connectivity index (χ1) is 18.6. The van der Waals surface area contributed by atoms with Crippen LogP contribution in [0.3, 0.4) is 0 Å². The monoisotopic (exact) mass is 545 g/mol. The van der Waals surface area contributed by atoms with Crippen molar-refractivity contribution in [1.82, 2.24) is 15.6 Å². The summed E-state index contributed by atoms with van der Waals surface area (Å²) in [6.07, 6.45) is 0.917. The van der Waals surface area contributed by atoms with Crippen molar-refractivity contribution >= 4 is 44.6 Å². The lowest BCUT2D eigenvalue weighted by Gasteiger charge is -2.20. The molecule has 1 heterocycles. The summed E-state index contributed by atoms with van der Waals surface area (Å²) >= 11 is 0. The van der Waals surface area contributed by atoms with Gasteiger partial charge in [0.2, 0.25) is 5.91 Å². The van der Waals surface area contributed by atoms with Crippen LogP contribution >= 0.6 is 0 Å². The van der Waals surface area contributed by atoms with Crippen LogP contribution in [0.25, 0.3) is 10.9 Å². The number of amides is 2. The number of nitrogens with two attached hydrogens (primary N) is 1. The Balaban J connectivity index is 1.85. The Labute approximate surface area is 232 Å². The molecule has 3 aromatic rings. The van der Waals surface area contributed by atoms with Gasteiger partial charge in [-0.2, -0.15) is 0 Å². The molecule has 3 rings (SSSR count). The Hall–Kier alpha value is -4.25. The number of hydrogen-bond donors (Lipinski definition) is 4. The van der Waals surface area contributed by atoms with E-state index in [1.54, 1.807) is 0 Å². The minimum absolute atomic E-state index is 0.0635. The smallest absolute Gasteiger partial charge is 0.267 e. The van der Waals surface area contributed by atoms with Gasteiger partial charge in [-0.15, -0.1) is 0 Å². The number of carbonyl (C=O) groups excluding carboxylic acids is 2. The van der Waals surface area contributed by atoms with Crippen LogP contribution in [0.1, 0.15) is 48.7 Å². The standard InChI is InChI=1S/C27H27B2F2N5O4/c1-26(2,3)34-14-17(13-32)35-23(37)11-15-4-7-21(19(10-15)24(30)31)40-22-8-9-33-20-6-5-16(12-18(20)22)25(38)36-27(28,29)39/h4-10,12-14,24,39H,11,32H2,1-3H3,(H,35,37)(H,36,38)/b17-13+,34-14?. The summed E-state index contributed by atoms with van der Waals surface area (Å²) in [4.78, 5) is 33.4. The number of ether oxygens (including phenoxy) is 1. The second-order valence-electron chi connectivity index (χ2n) is 9.87. The molecule has 0 aliphatic heterocycles. The molecule has 0 saturated heterocycles. The second-order valence-corrected chi connectivity index (χ2v) is 9.87. The molecule has 9 nitrogen and oxygen atoms in total. The third-order valence-electron chi connectivity index (χ3n) is 5.23. The van der Waals surface area contributed by atoms with Crippen LogP contribution in [-0.4, -0.2) is 54.9 Å². The van der Waals surface area contributed by atoms with E-state index in [4.69, 9.17) is 26.2 Å². The number of halogens is 2. The number of aliphatic hydroxyl groups is 1. The van der Waals surface area contributed by atoms with Gasteiger partial charge in [0.1, 0.15) is 27.2 Å². The summed E-state index contributed by atoms with van der Waals surface area (Å²) in [5.74, 6) is -1.27. The second kappa shape index (κ2) is 12.3. The summed E-state index contributed by atoms with van der Waals surface area (Å²) in [7, 11) is 10.4. The minimum Gasteiger partial charge on any atom is -0.456 e. The lowest BCUT2D eigenvalue weighted by Crippen LogP contribution is -2.49. The molecule has 1 aromatic heterocycles. The topological polar surface area (TPSA) is 139 Å². The van der Waals surface area contributed by atoms with E-state index in [0.29, 0.717) is 16.5 Å². The van der Waals surface area contributed by atoms with Gasteiger partial charge in [0.05, 0.1) is 28.7 Å². The number of benzene rings is 2. The average Bonchev–Trinajstić information content (AvgIpc) is 2.85. The number of aliphatic imine (C=N–C) groups is 1. The van der Waals surface area contributed by atoms with E-state index in [2.05, 4.69) is 15.3 Å². The van der Waals surface area contributed by atoms with Crippen LogP contribution in [0.4, 0.5) is 8.78 Å². The predicted octanol–water partition coefficient (Wildman–Crippen LogP) is 2.96. The Morgan fingerprint density at radius 1 is 1.15 bits per heavy atom. The van der Waals surface area contributed by atoms with E-state index in [1.165, 1.54) is 61.1 Å². The van der Waals surface area contributed by atoms with Gasteiger partial charge in [-0.05, 0) is 62.7 Å². The Morgan fingerprint density at radius 2 is 1.88 bits per heavy atom. The Kier molecular flexibility index (Phi) is 9.31. The molecule has 0 fully saturated rings. The van der Waals surface area contributed by atoms with Gasteiger partial charge in [-0.1, -0.05) is 6.07 Å². The van der Waals surface area contributed by atoms with Crippen LogP contribution in [0.15, 0.2) is 65.6 Å². The van der Waals surface area contributed by atoms with E-state index in [-0.39, 0.29) is 34.7 Å². The van der Waals surface area contributed by atoms with Crippen LogP contribution in [-0.2, 0) is 11.2 Å². The van der Waals surface area contributed by atoms with Crippen molar-refractivity contribution in [3.63, 3.8) is 0 Å². The molecular weight excluding hydrogens is 518 g/mol. The van der Waals surface area contributed by atoms with Gasteiger partial charge in [0.25, 0.3) is 12.3 Å². The van der Waals surface area contributed by atoms with Crippen LogP contribution < -0.4 is 21.1 Å². The van der Waals surface area contributed by atoms with Gasteiger partial charge in [0, 0.05) is 35.1 Å². The van der Waals surface area contributed by atoms with Crippen LogP contribution in [0, 0.1) is 0 Å². The first-order valence-electron chi connectivity index (χ1n) is 12.0. The fraction of sp³-hybridized carbons (Fsp3) is 0.259. The quantitative estimate of drug-likeness (QED) is 0.185. The highest BCUT2D eigenvalue weighted by Crippen LogP contribution is 2.36.